The number of hydrogen-bond acceptors (Lipinski definition) is 2. The van der Waals surface area contributed by atoms with E-state index in [0.717, 1.165) is 36.8 Å². The van der Waals surface area contributed by atoms with Crippen molar-refractivity contribution < 1.29 is 9.59 Å². The molecule has 0 N–H and O–H groups in total. The first kappa shape index (κ1) is 20.1. The summed E-state index contributed by atoms with van der Waals surface area (Å²) >= 11 is 0. The van der Waals surface area contributed by atoms with Crippen molar-refractivity contribution in [1.82, 2.24) is 0 Å². The van der Waals surface area contributed by atoms with E-state index in [9.17, 15) is 9.59 Å². The van der Waals surface area contributed by atoms with Gasteiger partial charge in [-0.25, -0.2) is 0 Å². The van der Waals surface area contributed by atoms with Gasteiger partial charge in [-0.15, -0.1) is 0 Å². The fourth-order valence-electron chi connectivity index (χ4n) is 3.17. The van der Waals surface area contributed by atoms with Gasteiger partial charge in [0.05, 0.1) is 0 Å². The number of carbonyl (C=O) groups is 2. The van der Waals surface area contributed by atoms with E-state index in [-0.39, 0.29) is 11.6 Å². The van der Waals surface area contributed by atoms with Crippen LogP contribution in [0.2, 0.25) is 0 Å². The van der Waals surface area contributed by atoms with E-state index in [0.29, 0.717) is 12.8 Å². The van der Waals surface area contributed by atoms with Gasteiger partial charge in [0.2, 0.25) is 0 Å². The van der Waals surface area contributed by atoms with Gasteiger partial charge in [-0.2, -0.15) is 0 Å². The molecule has 2 heteroatoms. The number of hydrogen-bond donors (Lipinski definition) is 0. The van der Waals surface area contributed by atoms with Crippen LogP contribution in [-0.2, 0) is 0 Å². The van der Waals surface area contributed by atoms with Crippen LogP contribution < -0.4 is 0 Å². The second-order valence-corrected chi connectivity index (χ2v) is 6.91. The summed E-state index contributed by atoms with van der Waals surface area (Å²) in [6.07, 6.45) is 10.4. The van der Waals surface area contributed by atoms with E-state index in [1.54, 1.807) is 0 Å². The van der Waals surface area contributed by atoms with Crippen molar-refractivity contribution in [2.45, 2.75) is 64.2 Å². The third-order valence-corrected chi connectivity index (χ3v) is 4.75. The van der Waals surface area contributed by atoms with Gasteiger partial charge >= 0.3 is 0 Å². The second-order valence-electron chi connectivity index (χ2n) is 6.91. The van der Waals surface area contributed by atoms with E-state index in [4.69, 9.17) is 0 Å². The molecule has 2 aromatic rings. The van der Waals surface area contributed by atoms with Crippen LogP contribution in [-0.4, -0.2) is 11.6 Å². The number of rotatable bonds is 13. The zero-order chi connectivity index (χ0) is 18.5. The normalized spacial score (nSPS) is 10.6. The minimum absolute atomic E-state index is 0.258. The van der Waals surface area contributed by atoms with E-state index in [2.05, 4.69) is 0 Å². The highest BCUT2D eigenvalue weighted by molar-refractivity contribution is 5.96. The van der Waals surface area contributed by atoms with Gasteiger partial charge < -0.3 is 0 Å². The van der Waals surface area contributed by atoms with Crippen molar-refractivity contribution in [3.8, 4) is 0 Å². The van der Waals surface area contributed by atoms with Crippen LogP contribution in [0.25, 0.3) is 0 Å². The minimum Gasteiger partial charge on any atom is -0.294 e. The third-order valence-electron chi connectivity index (χ3n) is 4.75. The molecule has 0 heterocycles. The highest BCUT2D eigenvalue weighted by atomic mass is 16.1. The highest BCUT2D eigenvalue weighted by Crippen LogP contribution is 2.13. The molecule has 0 aliphatic heterocycles. The van der Waals surface area contributed by atoms with Crippen molar-refractivity contribution in [1.29, 1.82) is 0 Å². The van der Waals surface area contributed by atoms with Gasteiger partial charge in [-0.05, 0) is 12.8 Å². The predicted octanol–water partition coefficient (Wildman–Crippen LogP) is 6.65. The summed E-state index contributed by atoms with van der Waals surface area (Å²) in [7, 11) is 0. The molecule has 0 radical (unpaired) electrons. The number of unbranched alkanes of at least 4 members (excludes halogenated alkanes) is 7. The molecule has 0 fully saturated rings. The molecule has 0 aliphatic rings. The Bertz CT molecular complexity index is 587. The van der Waals surface area contributed by atoms with E-state index >= 15 is 0 Å². The van der Waals surface area contributed by atoms with Crippen LogP contribution in [0.4, 0.5) is 0 Å². The molecule has 138 valence electrons. The van der Waals surface area contributed by atoms with Gasteiger partial charge in [0.25, 0.3) is 0 Å². The molecule has 26 heavy (non-hydrogen) atoms. The van der Waals surface area contributed by atoms with E-state index in [1.807, 2.05) is 60.7 Å². The van der Waals surface area contributed by atoms with Gasteiger partial charge in [-0.1, -0.05) is 99.2 Å². The molecular formula is C24H30O2. The predicted molar refractivity (Wildman–Crippen MR) is 108 cm³/mol. The molecule has 0 unspecified atom stereocenters. The smallest absolute Gasteiger partial charge is 0.162 e. The zero-order valence-corrected chi connectivity index (χ0v) is 15.7. The molecule has 0 saturated carbocycles. The summed E-state index contributed by atoms with van der Waals surface area (Å²) in [6.45, 7) is 0. The van der Waals surface area contributed by atoms with E-state index in [1.165, 1.54) is 25.7 Å². The molecule has 0 aliphatic carbocycles. The van der Waals surface area contributed by atoms with Gasteiger partial charge in [0.1, 0.15) is 0 Å². The molecule has 0 bridgehead atoms. The molecule has 2 aromatic carbocycles. The van der Waals surface area contributed by atoms with Crippen molar-refractivity contribution in [3.63, 3.8) is 0 Å². The summed E-state index contributed by atoms with van der Waals surface area (Å²) in [5.41, 5.74) is 1.66. The molecule has 2 nitrogen and oxygen atoms in total. The lowest BCUT2D eigenvalue weighted by Gasteiger charge is -2.03. The maximum Gasteiger partial charge on any atom is 0.162 e. The summed E-state index contributed by atoms with van der Waals surface area (Å²) in [5.74, 6) is 0.516. The number of ketones is 2. The van der Waals surface area contributed by atoms with Crippen LogP contribution >= 0.6 is 0 Å². The Morgan fingerprint density at radius 2 is 0.769 bits per heavy atom. The van der Waals surface area contributed by atoms with Crippen LogP contribution in [0.5, 0.6) is 0 Å². The van der Waals surface area contributed by atoms with Crippen molar-refractivity contribution in [2.75, 3.05) is 0 Å². The highest BCUT2D eigenvalue weighted by Gasteiger charge is 2.05. The summed E-state index contributed by atoms with van der Waals surface area (Å²) in [4.78, 5) is 24.0. The standard InChI is InChI=1S/C24H30O2/c25-23(21-15-9-7-10-16-21)19-13-5-3-1-2-4-6-14-20-24(26)22-17-11-8-12-18-22/h7-12,15-18H,1-6,13-14,19-20H2. The average molecular weight is 351 g/mol. The van der Waals surface area contributed by atoms with Crippen molar-refractivity contribution in [2.24, 2.45) is 0 Å². The molecule has 0 saturated heterocycles. The monoisotopic (exact) mass is 350 g/mol. The van der Waals surface area contributed by atoms with Crippen LogP contribution in [0, 0.1) is 0 Å². The maximum absolute atomic E-state index is 12.0. The van der Waals surface area contributed by atoms with E-state index < -0.39 is 0 Å². The summed E-state index contributed by atoms with van der Waals surface area (Å²) in [6, 6.07) is 19.1. The Morgan fingerprint density at radius 1 is 0.462 bits per heavy atom. The Balaban J connectivity index is 1.41. The van der Waals surface area contributed by atoms with Gasteiger partial charge in [0.15, 0.2) is 11.6 Å². The molecule has 0 aromatic heterocycles. The molecular weight excluding hydrogens is 320 g/mol. The minimum atomic E-state index is 0.258. The Morgan fingerprint density at radius 3 is 1.12 bits per heavy atom. The van der Waals surface area contributed by atoms with Gasteiger partial charge in [-0.3, -0.25) is 9.59 Å². The molecule has 0 spiro atoms. The second kappa shape index (κ2) is 12.2. The Labute approximate surface area is 157 Å². The van der Waals surface area contributed by atoms with Gasteiger partial charge in [0, 0.05) is 24.0 Å². The first-order chi connectivity index (χ1) is 12.8. The Hall–Kier alpha value is -2.22. The van der Waals surface area contributed by atoms with Crippen molar-refractivity contribution >= 4 is 11.6 Å². The summed E-state index contributed by atoms with van der Waals surface area (Å²) < 4.78 is 0. The average Bonchev–Trinajstić information content (AvgIpc) is 2.70. The van der Waals surface area contributed by atoms with Crippen LogP contribution in [0.1, 0.15) is 84.9 Å². The van der Waals surface area contributed by atoms with Crippen molar-refractivity contribution in [3.05, 3.63) is 71.8 Å². The topological polar surface area (TPSA) is 34.1 Å². The number of carbonyl (C=O) groups excluding carboxylic acids is 2. The lowest BCUT2D eigenvalue weighted by Crippen LogP contribution is -1.98. The zero-order valence-electron chi connectivity index (χ0n) is 15.7. The SMILES string of the molecule is O=C(CCCCCCCCCCC(=O)c1ccccc1)c1ccccc1. The quantitative estimate of drug-likeness (QED) is 0.299. The first-order valence-corrected chi connectivity index (χ1v) is 9.94. The van der Waals surface area contributed by atoms with Crippen LogP contribution in [0.3, 0.4) is 0 Å². The third kappa shape index (κ3) is 7.77. The fraction of sp³-hybridized carbons (Fsp3) is 0.417. The Kier molecular flexibility index (Phi) is 9.42. The molecule has 2 rings (SSSR count). The summed E-state index contributed by atoms with van der Waals surface area (Å²) in [5, 5.41) is 0. The maximum atomic E-state index is 12.0. The largest absolute Gasteiger partial charge is 0.294 e. The van der Waals surface area contributed by atoms with Crippen LogP contribution in [0.15, 0.2) is 60.7 Å². The first-order valence-electron chi connectivity index (χ1n) is 9.94. The number of benzene rings is 2. The molecule has 0 amide bonds. The number of Topliss-reactive ketones (excluding diaryl/α,β-unsaturated/α-hetero) is 2. The molecule has 0 atom stereocenters. The fourth-order valence-corrected chi connectivity index (χ4v) is 3.17. The lowest BCUT2D eigenvalue weighted by atomic mass is 10.0. The lowest BCUT2D eigenvalue weighted by molar-refractivity contribution is 0.0970.